The van der Waals surface area contributed by atoms with Gasteiger partial charge in [0, 0.05) is 16.5 Å². The fourth-order valence-corrected chi connectivity index (χ4v) is 2.95. The number of aryl methyl sites for hydroxylation is 2. The Morgan fingerprint density at radius 3 is 2.36 bits per heavy atom. The van der Waals surface area contributed by atoms with E-state index in [1.807, 2.05) is 13.8 Å². The predicted octanol–water partition coefficient (Wildman–Crippen LogP) is 3.10. The fourth-order valence-electron chi connectivity index (χ4n) is 2.95. The second-order valence-corrected chi connectivity index (χ2v) is 7.18. The summed E-state index contributed by atoms with van der Waals surface area (Å²) in [6.45, 7) is 10.5. The standard InChI is InChI=1S/C21H27NO6/c1-7-10(2)17(20(24)25)22-19(23)14(6)27-16-9-8-15-11(3)12(4)21(26)28-18(15)13(16)5/h8-10,14,17H,7H2,1-6H3,(H,22,23)(H,24,25)/t10-,14?,17-/m0/s1. The van der Waals surface area contributed by atoms with Gasteiger partial charge in [-0.05, 0) is 51.3 Å². The predicted molar refractivity (Wildman–Crippen MR) is 106 cm³/mol. The van der Waals surface area contributed by atoms with Gasteiger partial charge in [0.05, 0.1) is 0 Å². The largest absolute Gasteiger partial charge is 0.480 e. The number of ether oxygens (including phenoxy) is 1. The van der Waals surface area contributed by atoms with Crippen LogP contribution in [0.2, 0.25) is 0 Å². The van der Waals surface area contributed by atoms with Gasteiger partial charge in [0.2, 0.25) is 0 Å². The van der Waals surface area contributed by atoms with Crippen LogP contribution in [0.25, 0.3) is 11.0 Å². The van der Waals surface area contributed by atoms with Crippen LogP contribution in [0.5, 0.6) is 5.75 Å². The molecule has 0 fully saturated rings. The highest BCUT2D eigenvalue weighted by Crippen LogP contribution is 2.29. The summed E-state index contributed by atoms with van der Waals surface area (Å²) in [7, 11) is 0. The summed E-state index contributed by atoms with van der Waals surface area (Å²) in [6.07, 6.45) is -0.297. The zero-order valence-electron chi connectivity index (χ0n) is 17.1. The first-order chi connectivity index (χ1) is 13.1. The number of amides is 1. The molecule has 0 saturated carbocycles. The van der Waals surface area contributed by atoms with Crippen LogP contribution in [0, 0.1) is 26.7 Å². The lowest BCUT2D eigenvalue weighted by atomic mass is 9.99. The number of carboxylic acid groups (broad SMARTS) is 1. The van der Waals surface area contributed by atoms with Crippen LogP contribution in [0.3, 0.4) is 0 Å². The molecule has 7 nitrogen and oxygen atoms in total. The second-order valence-electron chi connectivity index (χ2n) is 7.18. The molecular formula is C21H27NO6. The molecule has 0 bridgehead atoms. The lowest BCUT2D eigenvalue weighted by molar-refractivity contribution is -0.144. The monoisotopic (exact) mass is 389 g/mol. The molecule has 1 aromatic carbocycles. The number of carboxylic acids is 1. The quantitative estimate of drug-likeness (QED) is 0.705. The number of carbonyl (C=O) groups excluding carboxylic acids is 1. The molecule has 3 atom stereocenters. The topological polar surface area (TPSA) is 106 Å². The Hall–Kier alpha value is -2.83. The molecule has 0 saturated heterocycles. The van der Waals surface area contributed by atoms with E-state index in [2.05, 4.69) is 5.32 Å². The molecule has 1 heterocycles. The maximum absolute atomic E-state index is 12.4. The average Bonchev–Trinajstić information content (AvgIpc) is 2.65. The van der Waals surface area contributed by atoms with Crippen LogP contribution >= 0.6 is 0 Å². The number of rotatable bonds is 7. The van der Waals surface area contributed by atoms with Gasteiger partial charge >= 0.3 is 11.6 Å². The Kier molecular flexibility index (Phi) is 6.48. The van der Waals surface area contributed by atoms with Crippen LogP contribution in [-0.2, 0) is 9.59 Å². The van der Waals surface area contributed by atoms with Crippen molar-refractivity contribution in [2.24, 2.45) is 5.92 Å². The van der Waals surface area contributed by atoms with Crippen molar-refractivity contribution in [1.82, 2.24) is 5.32 Å². The summed E-state index contributed by atoms with van der Waals surface area (Å²) in [5.74, 6) is -1.41. The molecule has 2 rings (SSSR count). The molecule has 0 radical (unpaired) electrons. The first-order valence-electron chi connectivity index (χ1n) is 9.31. The number of benzene rings is 1. The van der Waals surface area contributed by atoms with E-state index in [9.17, 15) is 19.5 Å². The zero-order valence-corrected chi connectivity index (χ0v) is 17.1. The van der Waals surface area contributed by atoms with Gasteiger partial charge in [0.1, 0.15) is 17.4 Å². The van der Waals surface area contributed by atoms with Crippen LogP contribution in [-0.4, -0.2) is 29.1 Å². The van der Waals surface area contributed by atoms with Gasteiger partial charge in [-0.1, -0.05) is 20.3 Å². The van der Waals surface area contributed by atoms with E-state index in [-0.39, 0.29) is 5.92 Å². The van der Waals surface area contributed by atoms with Crippen molar-refractivity contribution < 1.29 is 23.8 Å². The molecule has 1 amide bonds. The van der Waals surface area contributed by atoms with Gasteiger partial charge in [-0.15, -0.1) is 0 Å². The molecule has 152 valence electrons. The van der Waals surface area contributed by atoms with E-state index < -0.39 is 29.6 Å². The summed E-state index contributed by atoms with van der Waals surface area (Å²) in [6, 6.07) is 2.52. The van der Waals surface area contributed by atoms with Gasteiger partial charge in [-0.25, -0.2) is 9.59 Å². The molecular weight excluding hydrogens is 362 g/mol. The third-order valence-electron chi connectivity index (χ3n) is 5.27. The van der Waals surface area contributed by atoms with Crippen LogP contribution in [0.4, 0.5) is 0 Å². The van der Waals surface area contributed by atoms with Gasteiger partial charge in [-0.2, -0.15) is 0 Å². The Balaban J connectivity index is 2.27. The van der Waals surface area contributed by atoms with E-state index in [1.165, 1.54) is 0 Å². The molecule has 7 heteroatoms. The molecule has 0 aliphatic carbocycles. The van der Waals surface area contributed by atoms with Crippen molar-refractivity contribution in [2.45, 2.75) is 60.1 Å². The molecule has 28 heavy (non-hydrogen) atoms. The second kappa shape index (κ2) is 8.46. The van der Waals surface area contributed by atoms with Gasteiger partial charge < -0.3 is 19.6 Å². The number of fused-ring (bicyclic) bond motifs is 1. The molecule has 1 unspecified atom stereocenters. The number of aliphatic carboxylic acids is 1. The lowest BCUT2D eigenvalue weighted by Crippen LogP contribution is -2.49. The summed E-state index contributed by atoms with van der Waals surface area (Å²) >= 11 is 0. The van der Waals surface area contributed by atoms with Gasteiger partial charge in [0.25, 0.3) is 5.91 Å². The normalized spacial score (nSPS) is 14.4. The number of hydrogen-bond donors (Lipinski definition) is 2. The lowest BCUT2D eigenvalue weighted by Gasteiger charge is -2.23. The first kappa shape index (κ1) is 21.5. The molecule has 1 aromatic heterocycles. The summed E-state index contributed by atoms with van der Waals surface area (Å²) in [4.78, 5) is 35.8. The van der Waals surface area contributed by atoms with E-state index in [0.717, 1.165) is 10.9 Å². The number of nitrogens with one attached hydrogen (secondary N) is 1. The van der Waals surface area contributed by atoms with Gasteiger partial charge in [-0.3, -0.25) is 4.79 Å². The Morgan fingerprint density at radius 2 is 1.79 bits per heavy atom. The van der Waals surface area contributed by atoms with Crippen molar-refractivity contribution in [2.75, 3.05) is 0 Å². The van der Waals surface area contributed by atoms with Crippen LogP contribution < -0.4 is 15.7 Å². The SMILES string of the molecule is CC[C@H](C)[C@H](NC(=O)C(C)Oc1ccc2c(C)c(C)c(=O)oc2c1C)C(=O)O. The van der Waals surface area contributed by atoms with Crippen LogP contribution in [0.15, 0.2) is 21.3 Å². The molecule has 0 spiro atoms. The highest BCUT2D eigenvalue weighted by molar-refractivity contribution is 5.87. The van der Waals surface area contributed by atoms with Crippen molar-refractivity contribution in [3.8, 4) is 5.75 Å². The Morgan fingerprint density at radius 1 is 1.14 bits per heavy atom. The minimum absolute atomic E-state index is 0.212. The van der Waals surface area contributed by atoms with Crippen LogP contribution in [0.1, 0.15) is 43.9 Å². The number of carbonyl (C=O) groups is 2. The Labute approximate surface area is 163 Å². The molecule has 0 aliphatic rings. The van der Waals surface area contributed by atoms with Crippen molar-refractivity contribution in [3.63, 3.8) is 0 Å². The minimum atomic E-state index is -1.08. The third-order valence-corrected chi connectivity index (χ3v) is 5.27. The maximum Gasteiger partial charge on any atom is 0.339 e. The molecule has 0 aliphatic heterocycles. The summed E-state index contributed by atoms with van der Waals surface area (Å²) in [5, 5.41) is 12.7. The maximum atomic E-state index is 12.4. The van der Waals surface area contributed by atoms with Crippen molar-refractivity contribution in [3.05, 3.63) is 39.2 Å². The van der Waals surface area contributed by atoms with E-state index >= 15 is 0 Å². The van der Waals surface area contributed by atoms with Crippen molar-refractivity contribution in [1.29, 1.82) is 0 Å². The fraction of sp³-hybridized carbons (Fsp3) is 0.476. The smallest absolute Gasteiger partial charge is 0.339 e. The minimum Gasteiger partial charge on any atom is -0.480 e. The summed E-state index contributed by atoms with van der Waals surface area (Å²) in [5.41, 5.74) is 2.01. The van der Waals surface area contributed by atoms with Crippen molar-refractivity contribution >= 4 is 22.8 Å². The first-order valence-corrected chi connectivity index (χ1v) is 9.31. The molecule has 2 N–H and O–H groups in total. The highest BCUT2D eigenvalue weighted by atomic mass is 16.5. The highest BCUT2D eigenvalue weighted by Gasteiger charge is 2.28. The Bertz CT molecular complexity index is 962. The van der Waals surface area contributed by atoms with E-state index in [1.54, 1.807) is 39.8 Å². The third kappa shape index (κ3) is 4.18. The van der Waals surface area contributed by atoms with E-state index in [4.69, 9.17) is 9.15 Å². The average molecular weight is 389 g/mol. The number of hydrogen-bond acceptors (Lipinski definition) is 5. The summed E-state index contributed by atoms with van der Waals surface area (Å²) < 4.78 is 11.2. The zero-order chi connectivity index (χ0) is 21.2. The molecule has 2 aromatic rings. The van der Waals surface area contributed by atoms with E-state index in [0.29, 0.717) is 28.9 Å². The van der Waals surface area contributed by atoms with Gasteiger partial charge in [0.15, 0.2) is 6.10 Å².